The van der Waals surface area contributed by atoms with Gasteiger partial charge in [0, 0.05) is 9.79 Å². The third-order valence-electron chi connectivity index (χ3n) is 2.48. The number of hydrogen-bond donors (Lipinski definition) is 0. The summed E-state index contributed by atoms with van der Waals surface area (Å²) in [6.45, 7) is 0. The standard InChI is InChI=1S/C13H8F4O2S2/c14-9-5-7-10(8-6-9)20-11-3-1-2-4-12(11)21(18,19)13(15,16)17/h1-8H. The molecular formula is C13H8F4O2S2. The molecule has 112 valence electrons. The van der Waals surface area contributed by atoms with Crippen LogP contribution in [-0.2, 0) is 9.84 Å². The summed E-state index contributed by atoms with van der Waals surface area (Å²) >= 11 is 0.820. The van der Waals surface area contributed by atoms with Gasteiger partial charge < -0.3 is 0 Å². The maximum absolute atomic E-state index is 12.8. The van der Waals surface area contributed by atoms with Gasteiger partial charge in [0.05, 0.1) is 4.90 Å². The predicted molar refractivity (Wildman–Crippen MR) is 70.2 cm³/mol. The third-order valence-corrected chi connectivity index (χ3v) is 5.24. The SMILES string of the molecule is O=S(=O)(c1ccccc1Sc1ccc(F)cc1)C(F)(F)F. The molecule has 0 aliphatic heterocycles. The Balaban J connectivity index is 2.45. The molecule has 2 rings (SSSR count). The minimum Gasteiger partial charge on any atom is -0.214 e. The largest absolute Gasteiger partial charge is 0.501 e. The van der Waals surface area contributed by atoms with E-state index in [2.05, 4.69) is 0 Å². The van der Waals surface area contributed by atoms with Crippen LogP contribution in [0.5, 0.6) is 0 Å². The first-order valence-corrected chi connectivity index (χ1v) is 7.85. The average Bonchev–Trinajstić information content (AvgIpc) is 2.40. The van der Waals surface area contributed by atoms with Crippen molar-refractivity contribution in [2.45, 2.75) is 20.2 Å². The second-order valence-electron chi connectivity index (χ2n) is 3.95. The van der Waals surface area contributed by atoms with Crippen LogP contribution in [0.15, 0.2) is 63.2 Å². The maximum atomic E-state index is 12.8. The average molecular weight is 336 g/mol. The topological polar surface area (TPSA) is 34.1 Å². The molecule has 2 aromatic carbocycles. The summed E-state index contributed by atoms with van der Waals surface area (Å²) in [5, 5.41) is 0. The summed E-state index contributed by atoms with van der Waals surface area (Å²) in [5.74, 6) is -0.490. The predicted octanol–water partition coefficient (Wildman–Crippen LogP) is 4.27. The number of benzene rings is 2. The Kier molecular flexibility index (Phi) is 4.29. The van der Waals surface area contributed by atoms with Crippen molar-refractivity contribution < 1.29 is 26.0 Å². The van der Waals surface area contributed by atoms with Gasteiger partial charge in [-0.2, -0.15) is 13.2 Å². The number of sulfone groups is 1. The molecule has 0 aliphatic rings. The quantitative estimate of drug-likeness (QED) is 0.785. The lowest BCUT2D eigenvalue weighted by Gasteiger charge is -2.12. The van der Waals surface area contributed by atoms with Crippen LogP contribution in [0.1, 0.15) is 0 Å². The zero-order chi connectivity index (χ0) is 15.7. The summed E-state index contributed by atoms with van der Waals surface area (Å²) in [7, 11) is -5.43. The van der Waals surface area contributed by atoms with Gasteiger partial charge in [0.25, 0.3) is 9.84 Å². The maximum Gasteiger partial charge on any atom is 0.501 e. The zero-order valence-electron chi connectivity index (χ0n) is 10.3. The van der Waals surface area contributed by atoms with E-state index in [4.69, 9.17) is 0 Å². The van der Waals surface area contributed by atoms with Gasteiger partial charge in [-0.05, 0) is 36.4 Å². The van der Waals surface area contributed by atoms with E-state index >= 15 is 0 Å². The van der Waals surface area contributed by atoms with Crippen LogP contribution in [0.3, 0.4) is 0 Å². The summed E-state index contributed by atoms with van der Waals surface area (Å²) < 4.78 is 73.8. The van der Waals surface area contributed by atoms with Crippen molar-refractivity contribution in [2.24, 2.45) is 0 Å². The molecule has 21 heavy (non-hydrogen) atoms. The highest BCUT2D eigenvalue weighted by Crippen LogP contribution is 2.38. The van der Waals surface area contributed by atoms with E-state index in [0.717, 1.165) is 30.0 Å². The molecule has 8 heteroatoms. The van der Waals surface area contributed by atoms with Gasteiger partial charge >= 0.3 is 5.51 Å². The first-order valence-electron chi connectivity index (χ1n) is 5.55. The summed E-state index contributed by atoms with van der Waals surface area (Å²) in [6.07, 6.45) is 0. The summed E-state index contributed by atoms with van der Waals surface area (Å²) in [6, 6.07) is 9.82. The van der Waals surface area contributed by atoms with Crippen molar-refractivity contribution in [1.29, 1.82) is 0 Å². The molecule has 0 saturated carbocycles. The number of rotatable bonds is 3. The van der Waals surface area contributed by atoms with Gasteiger partial charge in [-0.3, -0.25) is 0 Å². The van der Waals surface area contributed by atoms with E-state index in [9.17, 15) is 26.0 Å². The first-order chi connectivity index (χ1) is 9.72. The van der Waals surface area contributed by atoms with Crippen LogP contribution >= 0.6 is 11.8 Å². The van der Waals surface area contributed by atoms with Crippen molar-refractivity contribution in [3.05, 3.63) is 54.3 Å². The molecule has 0 unspecified atom stereocenters. The van der Waals surface area contributed by atoms with Gasteiger partial charge in [0.2, 0.25) is 0 Å². The molecule has 0 saturated heterocycles. The lowest BCUT2D eigenvalue weighted by Crippen LogP contribution is -2.23. The Labute approximate surface area is 122 Å². The molecule has 0 atom stereocenters. The van der Waals surface area contributed by atoms with E-state index < -0.39 is 26.1 Å². The lowest BCUT2D eigenvalue weighted by molar-refractivity contribution is -0.0437. The molecule has 2 nitrogen and oxygen atoms in total. The number of alkyl halides is 3. The van der Waals surface area contributed by atoms with Crippen molar-refractivity contribution in [3.8, 4) is 0 Å². The second-order valence-corrected chi connectivity index (χ2v) is 6.98. The highest BCUT2D eigenvalue weighted by molar-refractivity contribution is 8.00. The van der Waals surface area contributed by atoms with E-state index in [-0.39, 0.29) is 4.90 Å². The molecule has 2 aromatic rings. The molecule has 0 N–H and O–H groups in total. The van der Waals surface area contributed by atoms with Gasteiger partial charge in [-0.1, -0.05) is 23.9 Å². The molecule has 0 aliphatic carbocycles. The van der Waals surface area contributed by atoms with E-state index in [1.54, 1.807) is 0 Å². The van der Waals surface area contributed by atoms with Crippen molar-refractivity contribution in [1.82, 2.24) is 0 Å². The van der Waals surface area contributed by atoms with Crippen LogP contribution in [0, 0.1) is 5.82 Å². The molecule has 0 fully saturated rings. The van der Waals surface area contributed by atoms with E-state index in [0.29, 0.717) is 4.90 Å². The molecule has 0 spiro atoms. The highest BCUT2D eigenvalue weighted by atomic mass is 32.2. The fourth-order valence-electron chi connectivity index (χ4n) is 1.51. The van der Waals surface area contributed by atoms with E-state index in [1.807, 2.05) is 0 Å². The van der Waals surface area contributed by atoms with Gasteiger partial charge in [-0.25, -0.2) is 12.8 Å². The summed E-state index contributed by atoms with van der Waals surface area (Å²) in [5.41, 5.74) is -5.37. The van der Waals surface area contributed by atoms with Gasteiger partial charge in [0.1, 0.15) is 5.82 Å². The molecule has 0 radical (unpaired) electrons. The molecule has 0 bridgehead atoms. The fraction of sp³-hybridized carbons (Fsp3) is 0.0769. The molecule has 0 aromatic heterocycles. The van der Waals surface area contributed by atoms with Crippen molar-refractivity contribution in [3.63, 3.8) is 0 Å². The first kappa shape index (κ1) is 15.8. The Morgan fingerprint density at radius 1 is 0.905 bits per heavy atom. The van der Waals surface area contributed by atoms with Crippen LogP contribution in [0.4, 0.5) is 17.6 Å². The van der Waals surface area contributed by atoms with Crippen molar-refractivity contribution in [2.75, 3.05) is 0 Å². The fourth-order valence-corrected chi connectivity index (χ4v) is 3.65. The third kappa shape index (κ3) is 3.38. The zero-order valence-corrected chi connectivity index (χ0v) is 11.9. The van der Waals surface area contributed by atoms with Gasteiger partial charge in [-0.15, -0.1) is 0 Å². The van der Waals surface area contributed by atoms with Crippen LogP contribution in [-0.4, -0.2) is 13.9 Å². The minimum atomic E-state index is -5.43. The Bertz CT molecular complexity index is 738. The number of halogens is 4. The van der Waals surface area contributed by atoms with Gasteiger partial charge in [0.15, 0.2) is 0 Å². The molecule has 0 amide bonds. The van der Waals surface area contributed by atoms with Crippen LogP contribution in [0.2, 0.25) is 0 Å². The monoisotopic (exact) mass is 336 g/mol. The molecular weight excluding hydrogens is 328 g/mol. The normalized spacial score (nSPS) is 12.4. The Morgan fingerprint density at radius 3 is 2.05 bits per heavy atom. The smallest absolute Gasteiger partial charge is 0.214 e. The van der Waals surface area contributed by atoms with Crippen molar-refractivity contribution >= 4 is 21.6 Å². The highest BCUT2D eigenvalue weighted by Gasteiger charge is 2.47. The number of hydrogen-bond acceptors (Lipinski definition) is 3. The van der Waals surface area contributed by atoms with Crippen LogP contribution < -0.4 is 0 Å². The lowest BCUT2D eigenvalue weighted by atomic mass is 10.3. The molecule has 0 heterocycles. The Hall–Kier alpha value is -1.54. The second kappa shape index (κ2) is 5.69. The summed E-state index contributed by atoms with van der Waals surface area (Å²) in [4.78, 5) is -0.450. The van der Waals surface area contributed by atoms with Crippen LogP contribution in [0.25, 0.3) is 0 Å². The minimum absolute atomic E-state index is 0.0681. The van der Waals surface area contributed by atoms with E-state index in [1.165, 1.54) is 30.3 Å². The Morgan fingerprint density at radius 2 is 1.48 bits per heavy atom.